The first-order chi connectivity index (χ1) is 9.58. The van der Waals surface area contributed by atoms with E-state index in [0.29, 0.717) is 19.3 Å². The molecule has 1 aliphatic rings. The summed E-state index contributed by atoms with van der Waals surface area (Å²) in [6, 6.07) is 0. The Labute approximate surface area is 121 Å². The van der Waals surface area contributed by atoms with Crippen LogP contribution in [0.15, 0.2) is 0 Å². The van der Waals surface area contributed by atoms with E-state index in [9.17, 15) is 9.59 Å². The molecule has 0 radical (unpaired) electrons. The molecule has 0 atom stereocenters. The van der Waals surface area contributed by atoms with Gasteiger partial charge in [0.1, 0.15) is 5.60 Å². The van der Waals surface area contributed by atoms with Gasteiger partial charge in [-0.25, -0.2) is 0 Å². The second-order valence-corrected chi connectivity index (χ2v) is 5.92. The smallest absolute Gasteiger partial charge is 0.306 e. The van der Waals surface area contributed by atoms with Crippen molar-refractivity contribution in [1.29, 1.82) is 0 Å². The number of hydrogen-bond donors (Lipinski definition) is 1. The van der Waals surface area contributed by atoms with Crippen molar-refractivity contribution in [3.63, 3.8) is 0 Å². The van der Waals surface area contributed by atoms with Crippen LogP contribution in [0.4, 0.5) is 0 Å². The monoisotopic (exact) mass is 284 g/mol. The lowest BCUT2D eigenvalue weighted by Gasteiger charge is -2.37. The highest BCUT2D eigenvalue weighted by Gasteiger charge is 2.34. The Hall–Kier alpha value is -1.06. The molecule has 1 rings (SSSR count). The summed E-state index contributed by atoms with van der Waals surface area (Å²) >= 11 is 0. The van der Waals surface area contributed by atoms with Crippen molar-refractivity contribution in [3.8, 4) is 0 Å². The number of carbonyl (C=O) groups excluding carboxylic acids is 1. The largest absolute Gasteiger partial charge is 0.481 e. The summed E-state index contributed by atoms with van der Waals surface area (Å²) in [4.78, 5) is 22.4. The Balaban J connectivity index is 2.35. The molecule has 116 valence electrons. The van der Waals surface area contributed by atoms with Crippen molar-refractivity contribution in [2.45, 2.75) is 89.6 Å². The van der Waals surface area contributed by atoms with E-state index < -0.39 is 5.97 Å². The van der Waals surface area contributed by atoms with Gasteiger partial charge in [0.05, 0.1) is 0 Å². The second-order valence-electron chi connectivity index (χ2n) is 5.92. The van der Waals surface area contributed by atoms with Gasteiger partial charge in [-0.1, -0.05) is 19.8 Å². The standard InChI is InChI=1S/C16H28O4/c1-2-3-11-16(12-7-4-8-13-16)20-15(19)10-6-5-9-14(17)18/h2-13H2,1H3,(H,17,18). The molecule has 0 saturated heterocycles. The quantitative estimate of drug-likeness (QED) is 0.512. The van der Waals surface area contributed by atoms with E-state index in [2.05, 4.69) is 6.92 Å². The van der Waals surface area contributed by atoms with Gasteiger partial charge in [-0.2, -0.15) is 0 Å². The molecule has 0 amide bonds. The van der Waals surface area contributed by atoms with E-state index in [4.69, 9.17) is 9.84 Å². The maximum absolute atomic E-state index is 12.0. The number of carboxylic acid groups (broad SMARTS) is 1. The summed E-state index contributed by atoms with van der Waals surface area (Å²) < 4.78 is 5.80. The number of carbonyl (C=O) groups is 2. The van der Waals surface area contributed by atoms with Crippen LogP contribution in [0.5, 0.6) is 0 Å². The Morgan fingerprint density at radius 3 is 2.30 bits per heavy atom. The summed E-state index contributed by atoms with van der Waals surface area (Å²) in [7, 11) is 0. The maximum Gasteiger partial charge on any atom is 0.306 e. The van der Waals surface area contributed by atoms with Crippen LogP contribution in [-0.2, 0) is 14.3 Å². The van der Waals surface area contributed by atoms with Gasteiger partial charge in [-0.15, -0.1) is 0 Å². The van der Waals surface area contributed by atoms with Crippen LogP contribution in [0.3, 0.4) is 0 Å². The first-order valence-electron chi connectivity index (χ1n) is 8.01. The van der Waals surface area contributed by atoms with Gasteiger partial charge >= 0.3 is 11.9 Å². The van der Waals surface area contributed by atoms with Gasteiger partial charge in [0, 0.05) is 12.8 Å². The van der Waals surface area contributed by atoms with Gasteiger partial charge in [0.2, 0.25) is 0 Å². The van der Waals surface area contributed by atoms with E-state index in [1.807, 2.05) is 0 Å². The topological polar surface area (TPSA) is 63.6 Å². The van der Waals surface area contributed by atoms with Gasteiger partial charge in [-0.05, 0) is 51.4 Å². The lowest BCUT2D eigenvalue weighted by atomic mass is 9.81. The molecule has 0 aromatic heterocycles. The van der Waals surface area contributed by atoms with Crippen LogP contribution in [0.25, 0.3) is 0 Å². The third-order valence-electron chi connectivity index (χ3n) is 4.10. The number of carboxylic acids is 1. The van der Waals surface area contributed by atoms with Crippen molar-refractivity contribution >= 4 is 11.9 Å². The molecule has 0 unspecified atom stereocenters. The molecular formula is C16H28O4. The SMILES string of the molecule is CCCCC1(OC(=O)CCCCC(=O)O)CCCCC1. The zero-order chi connectivity index (χ0) is 14.8. The zero-order valence-corrected chi connectivity index (χ0v) is 12.7. The molecular weight excluding hydrogens is 256 g/mol. The lowest BCUT2D eigenvalue weighted by Crippen LogP contribution is -2.37. The average molecular weight is 284 g/mol. The fourth-order valence-electron chi connectivity index (χ4n) is 2.94. The molecule has 4 heteroatoms. The zero-order valence-electron chi connectivity index (χ0n) is 12.7. The molecule has 4 nitrogen and oxygen atoms in total. The molecule has 0 spiro atoms. The molecule has 0 aromatic carbocycles. The summed E-state index contributed by atoms with van der Waals surface area (Å²) in [6.45, 7) is 2.16. The maximum atomic E-state index is 12.0. The molecule has 0 heterocycles. The molecule has 1 N–H and O–H groups in total. The fraction of sp³-hybridized carbons (Fsp3) is 0.875. The van der Waals surface area contributed by atoms with Gasteiger partial charge in [-0.3, -0.25) is 9.59 Å². The highest BCUT2D eigenvalue weighted by molar-refractivity contribution is 5.70. The van der Waals surface area contributed by atoms with Crippen LogP contribution in [0.1, 0.15) is 84.0 Å². The van der Waals surface area contributed by atoms with E-state index in [1.165, 1.54) is 6.42 Å². The third kappa shape index (κ3) is 6.40. The van der Waals surface area contributed by atoms with Crippen molar-refractivity contribution in [3.05, 3.63) is 0 Å². The minimum atomic E-state index is -0.801. The van der Waals surface area contributed by atoms with Crippen LogP contribution in [0, 0.1) is 0 Å². The predicted octanol–water partition coefficient (Wildman–Crippen LogP) is 4.07. The predicted molar refractivity (Wildman–Crippen MR) is 77.5 cm³/mol. The number of ether oxygens (including phenoxy) is 1. The number of esters is 1. The van der Waals surface area contributed by atoms with E-state index in [1.54, 1.807) is 0 Å². The van der Waals surface area contributed by atoms with Gasteiger partial charge < -0.3 is 9.84 Å². The molecule has 1 aliphatic carbocycles. The van der Waals surface area contributed by atoms with Gasteiger partial charge in [0.25, 0.3) is 0 Å². The van der Waals surface area contributed by atoms with E-state index >= 15 is 0 Å². The van der Waals surface area contributed by atoms with E-state index in [-0.39, 0.29) is 18.0 Å². The summed E-state index contributed by atoms with van der Waals surface area (Å²) in [5.74, 6) is -0.946. The first kappa shape index (κ1) is 17.0. The molecule has 0 aliphatic heterocycles. The summed E-state index contributed by atoms with van der Waals surface area (Å²) in [6.07, 6.45) is 10.4. The summed E-state index contributed by atoms with van der Waals surface area (Å²) in [5, 5.41) is 8.56. The average Bonchev–Trinajstić information content (AvgIpc) is 2.42. The highest BCUT2D eigenvalue weighted by atomic mass is 16.6. The van der Waals surface area contributed by atoms with Crippen molar-refractivity contribution < 1.29 is 19.4 Å². The highest BCUT2D eigenvalue weighted by Crippen LogP contribution is 2.36. The van der Waals surface area contributed by atoms with Crippen molar-refractivity contribution in [1.82, 2.24) is 0 Å². The number of hydrogen-bond acceptors (Lipinski definition) is 3. The van der Waals surface area contributed by atoms with Crippen LogP contribution < -0.4 is 0 Å². The fourth-order valence-corrected chi connectivity index (χ4v) is 2.94. The minimum absolute atomic E-state index is 0.133. The first-order valence-corrected chi connectivity index (χ1v) is 8.01. The lowest BCUT2D eigenvalue weighted by molar-refractivity contribution is -0.164. The number of aliphatic carboxylic acids is 1. The minimum Gasteiger partial charge on any atom is -0.481 e. The van der Waals surface area contributed by atoms with Crippen molar-refractivity contribution in [2.24, 2.45) is 0 Å². The Bertz CT molecular complexity index is 306. The molecule has 20 heavy (non-hydrogen) atoms. The molecule has 0 aromatic rings. The molecule has 1 fully saturated rings. The normalized spacial score (nSPS) is 17.6. The Morgan fingerprint density at radius 2 is 1.70 bits per heavy atom. The second kappa shape index (κ2) is 8.98. The van der Waals surface area contributed by atoms with E-state index in [0.717, 1.165) is 44.9 Å². The Morgan fingerprint density at radius 1 is 1.05 bits per heavy atom. The Kier molecular flexibility index (Phi) is 7.63. The number of rotatable bonds is 9. The third-order valence-corrected chi connectivity index (χ3v) is 4.10. The van der Waals surface area contributed by atoms with Crippen molar-refractivity contribution in [2.75, 3.05) is 0 Å². The molecule has 1 saturated carbocycles. The van der Waals surface area contributed by atoms with Crippen LogP contribution in [-0.4, -0.2) is 22.6 Å². The van der Waals surface area contributed by atoms with Crippen LogP contribution in [0.2, 0.25) is 0 Å². The van der Waals surface area contributed by atoms with Crippen LogP contribution >= 0.6 is 0 Å². The molecule has 0 bridgehead atoms. The van der Waals surface area contributed by atoms with Gasteiger partial charge in [0.15, 0.2) is 0 Å². The number of unbranched alkanes of at least 4 members (excludes halogenated alkanes) is 2. The summed E-state index contributed by atoms with van der Waals surface area (Å²) in [5.41, 5.74) is -0.224.